The van der Waals surface area contributed by atoms with Crippen LogP contribution in [0.2, 0.25) is 5.02 Å². The van der Waals surface area contributed by atoms with Crippen molar-refractivity contribution in [3.8, 4) is 0 Å². The van der Waals surface area contributed by atoms with Crippen molar-refractivity contribution >= 4 is 28.9 Å². The van der Waals surface area contributed by atoms with Crippen molar-refractivity contribution in [1.29, 1.82) is 0 Å². The number of carbonyl (C=O) groups is 1. The standard InChI is InChI=1S/C16H23ClN2O5/c1-6-9-18-13-11(19(21)22)8-7-10(12(13)17)14(15(20)23-5)24-16(2,3)4/h7-8,14,18H,6,9H2,1-5H3. The summed E-state index contributed by atoms with van der Waals surface area (Å²) in [5, 5.41) is 14.2. The van der Waals surface area contributed by atoms with Crippen LogP contribution in [0.25, 0.3) is 0 Å². The Hall–Kier alpha value is -1.86. The number of carbonyl (C=O) groups excluding carboxylic acids is 1. The Morgan fingerprint density at radius 1 is 1.42 bits per heavy atom. The van der Waals surface area contributed by atoms with Crippen LogP contribution in [-0.4, -0.2) is 30.1 Å². The number of halogens is 1. The number of nitrogens with one attached hydrogen (secondary N) is 1. The number of rotatable bonds is 7. The highest BCUT2D eigenvalue weighted by atomic mass is 35.5. The van der Waals surface area contributed by atoms with E-state index < -0.39 is 22.6 Å². The van der Waals surface area contributed by atoms with Crippen molar-refractivity contribution in [2.24, 2.45) is 0 Å². The summed E-state index contributed by atoms with van der Waals surface area (Å²) in [6.07, 6.45) is -0.318. The number of benzene rings is 1. The number of hydrogen-bond donors (Lipinski definition) is 1. The highest BCUT2D eigenvalue weighted by Gasteiger charge is 2.32. The Morgan fingerprint density at radius 3 is 2.50 bits per heavy atom. The lowest BCUT2D eigenvalue weighted by Crippen LogP contribution is -2.28. The fourth-order valence-electron chi connectivity index (χ4n) is 2.05. The topological polar surface area (TPSA) is 90.7 Å². The van der Waals surface area contributed by atoms with E-state index in [1.54, 1.807) is 20.8 Å². The van der Waals surface area contributed by atoms with E-state index in [1.165, 1.54) is 19.2 Å². The largest absolute Gasteiger partial charge is 0.467 e. The van der Waals surface area contributed by atoms with Gasteiger partial charge in [-0.25, -0.2) is 4.79 Å². The molecule has 8 heteroatoms. The van der Waals surface area contributed by atoms with Crippen molar-refractivity contribution in [2.45, 2.75) is 45.8 Å². The van der Waals surface area contributed by atoms with Crippen molar-refractivity contribution in [2.75, 3.05) is 19.0 Å². The smallest absolute Gasteiger partial charge is 0.339 e. The molecule has 0 fully saturated rings. The van der Waals surface area contributed by atoms with Crippen LogP contribution in [0.3, 0.4) is 0 Å². The van der Waals surface area contributed by atoms with Gasteiger partial charge in [-0.15, -0.1) is 0 Å². The predicted octanol–water partition coefficient (Wildman–Crippen LogP) is 4.10. The minimum Gasteiger partial charge on any atom is -0.467 e. The Kier molecular flexibility index (Phi) is 6.98. The predicted molar refractivity (Wildman–Crippen MR) is 92.5 cm³/mol. The molecular formula is C16H23ClN2O5. The molecule has 0 amide bonds. The molecule has 1 aromatic carbocycles. The molecule has 1 aromatic rings. The number of anilines is 1. The minimum absolute atomic E-state index is 0.0808. The fourth-order valence-corrected chi connectivity index (χ4v) is 2.38. The van der Waals surface area contributed by atoms with Crippen LogP contribution in [0.4, 0.5) is 11.4 Å². The zero-order valence-electron chi connectivity index (χ0n) is 14.5. The third kappa shape index (κ3) is 5.07. The van der Waals surface area contributed by atoms with Crippen LogP contribution in [0.1, 0.15) is 45.8 Å². The van der Waals surface area contributed by atoms with E-state index >= 15 is 0 Å². The Labute approximate surface area is 146 Å². The van der Waals surface area contributed by atoms with Gasteiger partial charge in [0.2, 0.25) is 0 Å². The van der Waals surface area contributed by atoms with Gasteiger partial charge in [-0.3, -0.25) is 10.1 Å². The summed E-state index contributed by atoms with van der Waals surface area (Å²) in [5.74, 6) is -0.623. The molecule has 0 heterocycles. The molecule has 1 atom stereocenters. The van der Waals surface area contributed by atoms with E-state index in [9.17, 15) is 14.9 Å². The normalized spacial score (nSPS) is 12.6. The van der Waals surface area contributed by atoms with E-state index in [-0.39, 0.29) is 16.4 Å². The molecule has 0 radical (unpaired) electrons. The van der Waals surface area contributed by atoms with Gasteiger partial charge >= 0.3 is 5.97 Å². The SMILES string of the molecule is CCCNc1c([N+](=O)[O-])ccc(C(OC(C)(C)C)C(=O)OC)c1Cl. The molecule has 0 saturated heterocycles. The first-order valence-electron chi connectivity index (χ1n) is 7.58. The van der Waals surface area contributed by atoms with Crippen molar-refractivity contribution in [1.82, 2.24) is 0 Å². The van der Waals surface area contributed by atoms with Crippen LogP contribution in [-0.2, 0) is 14.3 Å². The number of hydrogen-bond acceptors (Lipinski definition) is 6. The van der Waals surface area contributed by atoms with Gasteiger partial charge < -0.3 is 14.8 Å². The van der Waals surface area contributed by atoms with E-state index in [2.05, 4.69) is 5.32 Å². The maximum atomic E-state index is 12.1. The van der Waals surface area contributed by atoms with Crippen LogP contribution in [0.5, 0.6) is 0 Å². The summed E-state index contributed by atoms with van der Waals surface area (Å²) >= 11 is 6.36. The van der Waals surface area contributed by atoms with Crippen molar-refractivity contribution in [3.05, 3.63) is 32.8 Å². The molecule has 0 spiro atoms. The molecule has 0 aromatic heterocycles. The highest BCUT2D eigenvalue weighted by molar-refractivity contribution is 6.34. The lowest BCUT2D eigenvalue weighted by molar-refractivity contribution is -0.384. The second-order valence-corrected chi connectivity index (χ2v) is 6.56. The molecule has 0 aliphatic rings. The second-order valence-electron chi connectivity index (χ2n) is 6.18. The van der Waals surface area contributed by atoms with Crippen LogP contribution >= 0.6 is 11.6 Å². The molecule has 0 bridgehead atoms. The number of methoxy groups -OCH3 is 1. The fraction of sp³-hybridized carbons (Fsp3) is 0.562. The first-order valence-corrected chi connectivity index (χ1v) is 7.96. The lowest BCUT2D eigenvalue weighted by Gasteiger charge is -2.27. The number of esters is 1. The quantitative estimate of drug-likeness (QED) is 0.448. The third-order valence-electron chi connectivity index (χ3n) is 3.07. The summed E-state index contributed by atoms with van der Waals surface area (Å²) in [5.41, 5.74) is -0.298. The van der Waals surface area contributed by atoms with Gasteiger partial charge in [0.15, 0.2) is 6.10 Å². The van der Waals surface area contributed by atoms with Crippen LogP contribution in [0, 0.1) is 10.1 Å². The minimum atomic E-state index is -1.08. The lowest BCUT2D eigenvalue weighted by atomic mass is 10.1. The third-order valence-corrected chi connectivity index (χ3v) is 3.47. The first-order chi connectivity index (χ1) is 11.1. The van der Waals surface area contributed by atoms with E-state index in [1.807, 2.05) is 6.92 Å². The Morgan fingerprint density at radius 2 is 2.04 bits per heavy atom. The number of nitrogens with zero attached hydrogens (tertiary/aromatic N) is 1. The van der Waals surface area contributed by atoms with Gasteiger partial charge in [-0.05, 0) is 33.3 Å². The molecule has 134 valence electrons. The first kappa shape index (κ1) is 20.2. The summed E-state index contributed by atoms with van der Waals surface area (Å²) in [4.78, 5) is 22.8. The zero-order chi connectivity index (χ0) is 18.5. The number of nitro groups is 1. The average molecular weight is 359 g/mol. The molecule has 0 aliphatic heterocycles. The molecule has 1 N–H and O–H groups in total. The van der Waals surface area contributed by atoms with Gasteiger partial charge in [0.05, 0.1) is 22.7 Å². The maximum Gasteiger partial charge on any atom is 0.339 e. The summed E-state index contributed by atoms with van der Waals surface area (Å²) < 4.78 is 10.6. The highest BCUT2D eigenvalue weighted by Crippen LogP contribution is 2.40. The Bertz CT molecular complexity index is 613. The van der Waals surface area contributed by atoms with E-state index in [0.29, 0.717) is 12.1 Å². The Balaban J connectivity index is 3.43. The number of nitro benzene ring substituents is 1. The van der Waals surface area contributed by atoms with Crippen molar-refractivity contribution in [3.63, 3.8) is 0 Å². The molecule has 24 heavy (non-hydrogen) atoms. The van der Waals surface area contributed by atoms with Gasteiger partial charge in [-0.1, -0.05) is 18.5 Å². The van der Waals surface area contributed by atoms with Gasteiger partial charge in [0.25, 0.3) is 5.69 Å². The second kappa shape index (κ2) is 8.30. The van der Waals surface area contributed by atoms with Gasteiger partial charge in [-0.2, -0.15) is 0 Å². The molecule has 0 aliphatic carbocycles. The van der Waals surface area contributed by atoms with E-state index in [0.717, 1.165) is 6.42 Å². The number of ether oxygens (including phenoxy) is 2. The van der Waals surface area contributed by atoms with Gasteiger partial charge in [0.1, 0.15) is 5.69 Å². The zero-order valence-corrected chi connectivity index (χ0v) is 15.3. The summed E-state index contributed by atoms with van der Waals surface area (Å²) in [7, 11) is 1.25. The average Bonchev–Trinajstić information content (AvgIpc) is 2.49. The van der Waals surface area contributed by atoms with Crippen molar-refractivity contribution < 1.29 is 19.2 Å². The summed E-state index contributed by atoms with van der Waals surface area (Å²) in [6.45, 7) is 7.80. The molecule has 1 rings (SSSR count). The van der Waals surface area contributed by atoms with Crippen LogP contribution < -0.4 is 5.32 Å². The molecule has 1 unspecified atom stereocenters. The molecule has 0 saturated carbocycles. The van der Waals surface area contributed by atoms with Crippen LogP contribution in [0.15, 0.2) is 12.1 Å². The monoisotopic (exact) mass is 358 g/mol. The van der Waals surface area contributed by atoms with E-state index in [4.69, 9.17) is 21.1 Å². The summed E-state index contributed by atoms with van der Waals surface area (Å²) in [6, 6.07) is 2.73. The molecular weight excluding hydrogens is 336 g/mol. The van der Waals surface area contributed by atoms with Gasteiger partial charge in [0, 0.05) is 18.2 Å². The molecule has 7 nitrogen and oxygen atoms in total. The maximum absolute atomic E-state index is 12.1.